The molecule has 0 saturated carbocycles. The van der Waals surface area contributed by atoms with Crippen molar-refractivity contribution in [2.24, 2.45) is 5.92 Å². The highest BCUT2D eigenvalue weighted by atomic mass is 19.1. The number of hydrogen-bond donors (Lipinski definition) is 2. The summed E-state index contributed by atoms with van der Waals surface area (Å²) >= 11 is 0. The van der Waals surface area contributed by atoms with Crippen molar-refractivity contribution >= 4 is 17.2 Å². The Morgan fingerprint density at radius 1 is 1.19 bits per heavy atom. The molecule has 3 aromatic rings. The quantitative estimate of drug-likeness (QED) is 0.563. The zero-order chi connectivity index (χ0) is 22.3. The molecule has 1 aliphatic heterocycles. The number of urea groups is 1. The maximum atomic E-state index is 13.3. The Balaban J connectivity index is 1.37. The van der Waals surface area contributed by atoms with Crippen LogP contribution in [0.1, 0.15) is 31.2 Å². The van der Waals surface area contributed by atoms with Gasteiger partial charge in [-0.25, -0.2) is 24.1 Å². The molecular formula is C23H30FN7O. The number of carbonyl (C=O) groups is 1. The third kappa shape index (κ3) is 5.59. The number of fused-ring (bicyclic) bond motifs is 1. The van der Waals surface area contributed by atoms with Gasteiger partial charge in [0.1, 0.15) is 23.5 Å². The average Bonchev–Trinajstić information content (AvgIpc) is 3.13. The number of hydrogen-bond acceptors (Lipinski definition) is 5. The molecule has 1 saturated heterocycles. The third-order valence-electron chi connectivity index (χ3n) is 5.97. The topological polar surface area (TPSA) is 88.0 Å². The molecule has 0 aliphatic carbocycles. The Morgan fingerprint density at radius 3 is 2.72 bits per heavy atom. The molecule has 32 heavy (non-hydrogen) atoms. The minimum absolute atomic E-state index is 0.106. The summed E-state index contributed by atoms with van der Waals surface area (Å²) in [7, 11) is 0. The van der Waals surface area contributed by atoms with Crippen molar-refractivity contribution in [3.05, 3.63) is 54.0 Å². The molecule has 0 unspecified atom stereocenters. The minimum Gasteiger partial charge on any atom is -0.338 e. The highest BCUT2D eigenvalue weighted by molar-refractivity contribution is 5.73. The van der Waals surface area contributed by atoms with Crippen molar-refractivity contribution in [2.45, 2.75) is 32.7 Å². The molecule has 2 amide bonds. The SMILES string of the molecule is CCNC(=O)NCCN1CCC(Cc2nc3cncnc3n2Cc2ccc(F)cc2)CC1. The molecular weight excluding hydrogens is 409 g/mol. The van der Waals surface area contributed by atoms with Crippen LogP contribution in [-0.4, -0.2) is 63.2 Å². The van der Waals surface area contributed by atoms with Crippen LogP contribution in [0.25, 0.3) is 11.2 Å². The van der Waals surface area contributed by atoms with Crippen LogP contribution in [0.15, 0.2) is 36.8 Å². The van der Waals surface area contributed by atoms with Crippen molar-refractivity contribution in [2.75, 3.05) is 32.7 Å². The maximum absolute atomic E-state index is 13.3. The van der Waals surface area contributed by atoms with Crippen molar-refractivity contribution in [1.29, 1.82) is 0 Å². The monoisotopic (exact) mass is 439 g/mol. The van der Waals surface area contributed by atoms with E-state index in [1.807, 2.05) is 6.92 Å². The molecule has 2 N–H and O–H groups in total. The largest absolute Gasteiger partial charge is 0.338 e. The Hall–Kier alpha value is -3.07. The van der Waals surface area contributed by atoms with Crippen LogP contribution in [0.5, 0.6) is 0 Å². The van der Waals surface area contributed by atoms with Gasteiger partial charge in [-0.1, -0.05) is 12.1 Å². The minimum atomic E-state index is -0.236. The fourth-order valence-electron chi connectivity index (χ4n) is 4.24. The molecule has 9 heteroatoms. The zero-order valence-electron chi connectivity index (χ0n) is 18.4. The van der Waals surface area contributed by atoms with Crippen LogP contribution in [0, 0.1) is 11.7 Å². The van der Waals surface area contributed by atoms with Crippen molar-refractivity contribution < 1.29 is 9.18 Å². The summed E-state index contributed by atoms with van der Waals surface area (Å²) < 4.78 is 15.5. The number of likely N-dealkylation sites (tertiary alicyclic amines) is 1. The summed E-state index contributed by atoms with van der Waals surface area (Å²) in [5, 5.41) is 5.64. The van der Waals surface area contributed by atoms with E-state index in [2.05, 4.69) is 30.1 Å². The van der Waals surface area contributed by atoms with Crippen molar-refractivity contribution in [3.8, 4) is 0 Å². The van der Waals surface area contributed by atoms with E-state index in [4.69, 9.17) is 4.98 Å². The lowest BCUT2D eigenvalue weighted by Crippen LogP contribution is -2.42. The molecule has 170 valence electrons. The summed E-state index contributed by atoms with van der Waals surface area (Å²) in [6, 6.07) is 6.48. The first-order valence-corrected chi connectivity index (χ1v) is 11.3. The van der Waals surface area contributed by atoms with E-state index >= 15 is 0 Å². The third-order valence-corrected chi connectivity index (χ3v) is 5.97. The first-order valence-electron chi connectivity index (χ1n) is 11.3. The van der Waals surface area contributed by atoms with E-state index < -0.39 is 0 Å². The number of amides is 2. The van der Waals surface area contributed by atoms with Crippen LogP contribution in [-0.2, 0) is 13.0 Å². The standard InChI is InChI=1S/C23H30FN7O/c1-2-26-23(32)27-9-12-30-10-7-17(8-11-30)13-21-29-20-14-25-16-28-22(20)31(21)15-18-3-5-19(24)6-4-18/h3-6,14,16-17H,2,7-13,15H2,1H3,(H2,26,27,32). The molecule has 2 aromatic heterocycles. The van der Waals surface area contributed by atoms with Crippen molar-refractivity contribution in [3.63, 3.8) is 0 Å². The number of benzene rings is 1. The van der Waals surface area contributed by atoms with E-state index in [1.54, 1.807) is 24.7 Å². The van der Waals surface area contributed by atoms with Crippen LogP contribution < -0.4 is 10.6 Å². The molecule has 0 atom stereocenters. The maximum Gasteiger partial charge on any atom is 0.314 e. The van der Waals surface area contributed by atoms with Gasteiger partial charge in [-0.05, 0) is 56.5 Å². The molecule has 0 radical (unpaired) electrons. The van der Waals surface area contributed by atoms with Gasteiger partial charge in [0.2, 0.25) is 0 Å². The Labute approximate surface area is 187 Å². The first kappa shape index (κ1) is 22.1. The highest BCUT2D eigenvalue weighted by Crippen LogP contribution is 2.24. The highest BCUT2D eigenvalue weighted by Gasteiger charge is 2.22. The van der Waals surface area contributed by atoms with Gasteiger partial charge >= 0.3 is 6.03 Å². The van der Waals surface area contributed by atoms with Crippen molar-refractivity contribution in [1.82, 2.24) is 35.1 Å². The number of rotatable bonds is 8. The first-order chi connectivity index (χ1) is 15.6. The lowest BCUT2D eigenvalue weighted by atomic mass is 9.93. The lowest BCUT2D eigenvalue weighted by Gasteiger charge is -2.31. The van der Waals surface area contributed by atoms with Gasteiger partial charge in [0.25, 0.3) is 0 Å². The summed E-state index contributed by atoms with van der Waals surface area (Å²) in [5.74, 6) is 1.31. The second-order valence-corrected chi connectivity index (χ2v) is 8.25. The smallest absolute Gasteiger partial charge is 0.314 e. The Bertz CT molecular complexity index is 1030. The van der Waals surface area contributed by atoms with Gasteiger partial charge in [-0.15, -0.1) is 0 Å². The number of piperidine rings is 1. The molecule has 4 rings (SSSR count). The van der Waals surface area contributed by atoms with Gasteiger partial charge in [-0.3, -0.25) is 0 Å². The molecule has 0 spiro atoms. The molecule has 1 aromatic carbocycles. The summed E-state index contributed by atoms with van der Waals surface area (Å²) in [5.41, 5.74) is 2.62. The number of halogens is 1. The molecule has 1 fully saturated rings. The average molecular weight is 440 g/mol. The van der Waals surface area contributed by atoms with Gasteiger partial charge in [-0.2, -0.15) is 0 Å². The zero-order valence-corrected chi connectivity index (χ0v) is 18.4. The second kappa shape index (κ2) is 10.5. The normalized spacial score (nSPS) is 15.2. The molecule has 1 aliphatic rings. The van der Waals surface area contributed by atoms with Crippen LogP contribution in [0.2, 0.25) is 0 Å². The van der Waals surface area contributed by atoms with Gasteiger partial charge < -0.3 is 20.1 Å². The van der Waals surface area contributed by atoms with E-state index in [0.717, 1.165) is 61.4 Å². The lowest BCUT2D eigenvalue weighted by molar-refractivity contribution is 0.182. The van der Waals surface area contributed by atoms with E-state index in [1.165, 1.54) is 12.1 Å². The molecule has 8 nitrogen and oxygen atoms in total. The Kier molecular flexibility index (Phi) is 7.26. The fourth-order valence-corrected chi connectivity index (χ4v) is 4.24. The second-order valence-electron chi connectivity index (χ2n) is 8.25. The van der Waals surface area contributed by atoms with E-state index in [0.29, 0.717) is 25.6 Å². The number of carbonyl (C=O) groups excluding carboxylic acids is 1. The number of aromatic nitrogens is 4. The summed E-state index contributed by atoms with van der Waals surface area (Å²) in [6.45, 7) is 6.69. The fraction of sp³-hybridized carbons (Fsp3) is 0.478. The van der Waals surface area contributed by atoms with Gasteiger partial charge in [0, 0.05) is 26.1 Å². The molecule has 3 heterocycles. The summed E-state index contributed by atoms with van der Waals surface area (Å²) in [6.07, 6.45) is 6.35. The van der Waals surface area contributed by atoms with Crippen LogP contribution >= 0.6 is 0 Å². The van der Waals surface area contributed by atoms with Crippen LogP contribution in [0.3, 0.4) is 0 Å². The number of imidazole rings is 1. The number of nitrogens with one attached hydrogen (secondary N) is 2. The summed E-state index contributed by atoms with van der Waals surface area (Å²) in [4.78, 5) is 27.3. The van der Waals surface area contributed by atoms with Gasteiger partial charge in [0.05, 0.1) is 12.7 Å². The van der Waals surface area contributed by atoms with E-state index in [9.17, 15) is 9.18 Å². The van der Waals surface area contributed by atoms with Gasteiger partial charge in [0.15, 0.2) is 5.65 Å². The van der Waals surface area contributed by atoms with E-state index in [-0.39, 0.29) is 11.8 Å². The predicted octanol–water partition coefficient (Wildman–Crippen LogP) is 2.59. The number of nitrogens with zero attached hydrogens (tertiary/aromatic N) is 5. The van der Waals surface area contributed by atoms with Crippen LogP contribution in [0.4, 0.5) is 9.18 Å². The molecule has 0 bridgehead atoms. The predicted molar refractivity (Wildman–Crippen MR) is 121 cm³/mol. The Morgan fingerprint density at radius 2 is 1.97 bits per heavy atom.